The third kappa shape index (κ3) is 34.7. The molecule has 0 aromatic heterocycles. The molecule has 3 aromatic carbocycles. The second-order valence-electron chi connectivity index (χ2n) is 27.9. The summed E-state index contributed by atoms with van der Waals surface area (Å²) in [6.45, 7) is 6.35. The van der Waals surface area contributed by atoms with Crippen LogP contribution >= 0.6 is 0 Å². The molecule has 2 fully saturated rings. The lowest BCUT2D eigenvalue weighted by Crippen LogP contribution is -2.52. The van der Waals surface area contributed by atoms with E-state index in [2.05, 4.69) is 61.6 Å². The zero-order chi connectivity index (χ0) is 78.4. The number of carboxylic acid groups (broad SMARTS) is 6. The number of nitrogens with one attached hydrogen (secondary N) is 8. The molecule has 0 spiro atoms. The molecule has 6 unspecified atom stereocenters. The molecular weight excluding hydrogens is 1390 g/mol. The first-order chi connectivity index (χ1) is 51.0. The fourth-order valence-corrected chi connectivity index (χ4v) is 12.8. The van der Waals surface area contributed by atoms with Crippen molar-refractivity contribution in [2.45, 2.75) is 153 Å². The van der Waals surface area contributed by atoms with Gasteiger partial charge in [0.15, 0.2) is 0 Å². The molecule has 5 rings (SSSR count). The number of fused-ring (bicyclic) bond motifs is 1. The van der Waals surface area contributed by atoms with E-state index in [0.717, 1.165) is 33.9 Å². The third-order valence-electron chi connectivity index (χ3n) is 18.8. The highest BCUT2D eigenvalue weighted by molar-refractivity contribution is 5.91. The number of hydrogen-bond acceptors (Lipinski definition) is 20. The van der Waals surface area contributed by atoms with E-state index in [4.69, 9.17) is 9.84 Å². The van der Waals surface area contributed by atoms with Gasteiger partial charge < -0.3 is 72.6 Å². The summed E-state index contributed by atoms with van der Waals surface area (Å²) in [4.78, 5) is 183. The summed E-state index contributed by atoms with van der Waals surface area (Å²) in [6.07, 6.45) is 2.83. The van der Waals surface area contributed by atoms with E-state index in [9.17, 15) is 92.8 Å². The minimum Gasteiger partial charge on any atom is -0.481 e. The smallest absolute Gasteiger partial charge is 0.326 e. The minimum absolute atomic E-state index is 0.0208. The van der Waals surface area contributed by atoms with Gasteiger partial charge in [-0.3, -0.25) is 72.9 Å². The van der Waals surface area contributed by atoms with Gasteiger partial charge in [-0.05, 0) is 130 Å². The molecule has 3 aromatic rings. The molecule has 1 heterocycles. The largest absolute Gasteiger partial charge is 0.481 e. The molecule has 34 heteroatoms. The van der Waals surface area contributed by atoms with Gasteiger partial charge in [0, 0.05) is 89.4 Å². The van der Waals surface area contributed by atoms with E-state index in [0.29, 0.717) is 51.0 Å². The third-order valence-corrected chi connectivity index (χ3v) is 18.8. The normalized spacial score (nSPS) is 17.4. The standard InChI is InChI=1S/C73H107N13O21/c1-47(2)36-49-14-19-52(20-15-49)48(3)67(97)77-56(39-61(87)82-106)45-107-46-74-26-8-6-12-57(78-62(88)41-83-28-30-84(42-64(91)92)32-34-86(44-66(95)96)35-33-85(31-29-83)43-65(93)94)69(99)76-40-50-16-22-54(23-17-50)68(98)79-60(38-51-18-21-53-10-4-5-11-55(53)37-51)70(100)75-27-9-7-13-58(71(101)102)80-73(105)81-59(72(103)104)24-25-63(89)90/h4-5,10-11,14-15,18-21,37,47-48,50,54,56-60,74H,6-9,12-13,16-17,22-36,38-46H2,1-3H3,(H,75,100)(H,76,99)(H,77,97)(H,78,88)(H,79,98)(H,89,90)(H,91,92)(H,93,94)(H,95,96)(H,101,102)(H,103,104)(H2,80,81,105). The Morgan fingerprint density at radius 1 is 0.514 bits per heavy atom. The first kappa shape index (κ1) is 88.0. The molecule has 2 aliphatic rings. The highest BCUT2D eigenvalue weighted by atomic mass is 16.5. The maximum atomic E-state index is 14.3. The lowest BCUT2D eigenvalue weighted by molar-refractivity contribution is -0.141. The SMILES string of the molecule is CC(C)Cc1ccc(C(C)C(=O)NC(COCNCCCCC(NC(=O)CN2CCN(CC(=O)O)CCN(CC(=O)O)CCN(CC(=O)O)CC2)C(=O)NCC2CCC(C(=O)NC(Cc3ccc4ccccc4c3)C(=O)NCCCCC(NC(=O)NC(CCC(=O)O)C(=O)O)C(=O)O)CC2)CC(=O)N=O)cc1. The summed E-state index contributed by atoms with van der Waals surface area (Å²) in [6, 6.07) is 13.9. The van der Waals surface area contributed by atoms with Crippen molar-refractivity contribution in [1.82, 2.24) is 62.1 Å². The topological polar surface area (TPSA) is 491 Å². The molecule has 1 aliphatic carbocycles. The van der Waals surface area contributed by atoms with E-state index < -0.39 is 120 Å². The maximum Gasteiger partial charge on any atom is 0.326 e. The monoisotopic (exact) mass is 1500 g/mol. The predicted molar refractivity (Wildman–Crippen MR) is 390 cm³/mol. The van der Waals surface area contributed by atoms with Gasteiger partial charge in [-0.15, -0.1) is 4.91 Å². The first-order valence-electron chi connectivity index (χ1n) is 36.5. The van der Waals surface area contributed by atoms with Crippen LogP contribution in [0.15, 0.2) is 71.9 Å². The quantitative estimate of drug-likeness (QED) is 0.0219. The zero-order valence-electron chi connectivity index (χ0n) is 61.2. The van der Waals surface area contributed by atoms with Crippen LogP contribution in [0.2, 0.25) is 0 Å². The summed E-state index contributed by atoms with van der Waals surface area (Å²) in [5.74, 6) is -11.5. The van der Waals surface area contributed by atoms with Gasteiger partial charge in [-0.2, -0.15) is 0 Å². The first-order valence-corrected chi connectivity index (χ1v) is 36.5. The van der Waals surface area contributed by atoms with E-state index in [1.165, 1.54) is 0 Å². The molecule has 1 aliphatic heterocycles. The molecule has 34 nitrogen and oxygen atoms in total. The predicted octanol–water partition coefficient (Wildman–Crippen LogP) is 2.01. The fourth-order valence-electron chi connectivity index (χ4n) is 12.8. The van der Waals surface area contributed by atoms with Crippen molar-refractivity contribution in [2.24, 2.45) is 22.9 Å². The van der Waals surface area contributed by atoms with Crippen LogP contribution in [-0.4, -0.2) is 269 Å². The number of benzene rings is 3. The van der Waals surface area contributed by atoms with Crippen molar-refractivity contribution in [3.63, 3.8) is 0 Å². The Morgan fingerprint density at radius 2 is 1.04 bits per heavy atom. The van der Waals surface area contributed by atoms with Crippen LogP contribution in [0.3, 0.4) is 0 Å². The molecule has 8 amide bonds. The van der Waals surface area contributed by atoms with Crippen molar-refractivity contribution >= 4 is 88.1 Å². The average molecular weight is 1500 g/mol. The number of ether oxygens (including phenoxy) is 1. The maximum absolute atomic E-state index is 14.3. The van der Waals surface area contributed by atoms with Crippen LogP contribution in [0.1, 0.15) is 127 Å². The molecule has 0 radical (unpaired) electrons. The van der Waals surface area contributed by atoms with Gasteiger partial charge in [-0.1, -0.05) is 80.6 Å². The molecule has 1 saturated carbocycles. The van der Waals surface area contributed by atoms with Gasteiger partial charge in [0.2, 0.25) is 29.5 Å². The number of urea groups is 1. The van der Waals surface area contributed by atoms with Gasteiger partial charge in [0.05, 0.1) is 57.9 Å². The molecule has 6 atom stereocenters. The summed E-state index contributed by atoms with van der Waals surface area (Å²) in [5.41, 5.74) is 2.66. The Hall–Kier alpha value is -9.61. The van der Waals surface area contributed by atoms with Crippen molar-refractivity contribution < 1.29 is 97.7 Å². The van der Waals surface area contributed by atoms with Crippen molar-refractivity contribution in [1.29, 1.82) is 0 Å². The average Bonchev–Trinajstić information content (AvgIpc) is 0.833. The number of unbranched alkanes of at least 4 members (excludes halogenated alkanes) is 2. The lowest BCUT2D eigenvalue weighted by atomic mass is 9.81. The highest BCUT2D eigenvalue weighted by Crippen LogP contribution is 2.29. The minimum atomic E-state index is -1.58. The number of aliphatic carboxylic acids is 6. The van der Waals surface area contributed by atoms with E-state index in [1.54, 1.807) is 26.5 Å². The van der Waals surface area contributed by atoms with E-state index in [-0.39, 0.29) is 161 Å². The summed E-state index contributed by atoms with van der Waals surface area (Å²) >= 11 is 0. The molecule has 14 N–H and O–H groups in total. The Bertz CT molecular complexity index is 3420. The molecule has 590 valence electrons. The van der Waals surface area contributed by atoms with Gasteiger partial charge in [0.1, 0.15) is 24.2 Å². The molecule has 107 heavy (non-hydrogen) atoms. The number of nitroso groups, excluding NO2 is 1. The molecular formula is C73H107N13O21. The Labute approximate surface area is 621 Å². The Kier molecular flexibility index (Phi) is 38.8. The van der Waals surface area contributed by atoms with Gasteiger partial charge in [0.25, 0.3) is 5.91 Å². The van der Waals surface area contributed by atoms with Crippen molar-refractivity contribution in [3.05, 3.63) is 88.3 Å². The Balaban J connectivity index is 1.21. The number of hydrogen-bond donors (Lipinski definition) is 14. The number of carbonyl (C=O) groups is 13. The molecule has 1 saturated heterocycles. The summed E-state index contributed by atoms with van der Waals surface area (Å²) in [7, 11) is 0. The van der Waals surface area contributed by atoms with Crippen molar-refractivity contribution in [3.8, 4) is 0 Å². The second kappa shape index (κ2) is 47.1. The number of rotatable bonds is 45. The zero-order valence-corrected chi connectivity index (χ0v) is 61.2. The van der Waals surface area contributed by atoms with Gasteiger partial charge >= 0.3 is 41.8 Å². The van der Waals surface area contributed by atoms with Crippen LogP contribution in [-0.2, 0) is 75.1 Å². The van der Waals surface area contributed by atoms with Crippen LogP contribution in [0.4, 0.5) is 4.79 Å². The van der Waals surface area contributed by atoms with E-state index >= 15 is 0 Å². The Morgan fingerprint density at radius 3 is 1.58 bits per heavy atom. The highest BCUT2D eigenvalue weighted by Gasteiger charge is 2.33. The number of carboxylic acids is 6. The lowest BCUT2D eigenvalue weighted by Gasteiger charge is -2.33. The van der Waals surface area contributed by atoms with E-state index in [1.807, 2.05) is 66.7 Å². The fraction of sp³-hybridized carbons (Fsp3) is 0.603. The van der Waals surface area contributed by atoms with Crippen molar-refractivity contribution in [2.75, 3.05) is 112 Å². The second-order valence-corrected chi connectivity index (χ2v) is 27.9. The summed E-state index contributed by atoms with van der Waals surface area (Å²) < 4.78 is 5.80. The number of nitrogens with zero attached hydrogens (tertiary/aromatic N) is 5. The summed E-state index contributed by atoms with van der Waals surface area (Å²) in [5, 5.41) is 83.6. The molecule has 0 bridgehead atoms. The number of carbonyl (C=O) groups excluding carboxylic acids is 7. The van der Waals surface area contributed by atoms with Gasteiger partial charge in [-0.25, -0.2) is 14.4 Å². The van der Waals surface area contributed by atoms with Crippen LogP contribution in [0.25, 0.3) is 10.8 Å². The van der Waals surface area contributed by atoms with Crippen LogP contribution in [0, 0.1) is 22.7 Å². The van der Waals surface area contributed by atoms with Crippen LogP contribution in [0.5, 0.6) is 0 Å². The number of amides is 8. The van der Waals surface area contributed by atoms with Crippen LogP contribution < -0.4 is 42.5 Å².